The normalized spacial score (nSPS) is 25.1. The molecule has 0 aromatic carbocycles. The monoisotopic (exact) mass is 419 g/mol. The van der Waals surface area contributed by atoms with E-state index in [1.807, 2.05) is 0 Å². The van der Waals surface area contributed by atoms with Gasteiger partial charge in [0, 0.05) is 31.1 Å². The van der Waals surface area contributed by atoms with Crippen LogP contribution in [0.25, 0.3) is 0 Å². The Morgan fingerprint density at radius 1 is 0.733 bits per heavy atom. The smallest absolute Gasteiger partial charge is 0.225 e. The van der Waals surface area contributed by atoms with Crippen LogP contribution < -0.4 is 0 Å². The van der Waals surface area contributed by atoms with E-state index in [9.17, 15) is 4.79 Å². The third-order valence-electron chi connectivity index (χ3n) is 7.84. The molecule has 0 bridgehead atoms. The first-order valence-corrected chi connectivity index (χ1v) is 12.8. The van der Waals surface area contributed by atoms with Crippen LogP contribution >= 0.6 is 0 Å². The van der Waals surface area contributed by atoms with Crippen molar-refractivity contribution in [2.24, 2.45) is 23.2 Å². The molecule has 0 aliphatic carbocycles. The fraction of sp³-hybridized carbons (Fsp3) is 0.962. The average Bonchev–Trinajstić information content (AvgIpc) is 2.68. The van der Waals surface area contributed by atoms with Gasteiger partial charge in [0.05, 0.1) is 0 Å². The van der Waals surface area contributed by atoms with Crippen molar-refractivity contribution in [2.75, 3.05) is 45.8 Å². The molecule has 4 nitrogen and oxygen atoms in total. The molecule has 3 aliphatic heterocycles. The van der Waals surface area contributed by atoms with Crippen LogP contribution in [-0.2, 0) is 4.79 Å². The minimum absolute atomic E-state index is 0.230. The maximum atomic E-state index is 13.1. The second kappa shape index (κ2) is 9.90. The van der Waals surface area contributed by atoms with Gasteiger partial charge in [-0.15, -0.1) is 0 Å². The SMILES string of the molecule is CC(C)(C)CC1CCN(CC2CCN(C(=O)C3CCN(C(C)(C)C)CC3)CC2)CC1. The zero-order chi connectivity index (χ0) is 21.9. The molecule has 0 spiro atoms. The molecule has 3 fully saturated rings. The summed E-state index contributed by atoms with van der Waals surface area (Å²) in [5.41, 5.74) is 0.698. The van der Waals surface area contributed by atoms with Crippen LogP contribution in [0.15, 0.2) is 0 Å². The molecule has 3 heterocycles. The summed E-state index contributed by atoms with van der Waals surface area (Å²) in [6, 6.07) is 0. The number of piperidine rings is 3. The van der Waals surface area contributed by atoms with E-state index in [0.29, 0.717) is 11.3 Å². The first-order valence-electron chi connectivity index (χ1n) is 12.8. The van der Waals surface area contributed by atoms with E-state index in [4.69, 9.17) is 0 Å². The van der Waals surface area contributed by atoms with E-state index >= 15 is 0 Å². The lowest BCUT2D eigenvalue weighted by Gasteiger charge is -2.42. The molecule has 3 saturated heterocycles. The second-order valence-electron chi connectivity index (χ2n) is 12.7. The number of hydrogen-bond donors (Lipinski definition) is 0. The average molecular weight is 420 g/mol. The maximum absolute atomic E-state index is 13.1. The Morgan fingerprint density at radius 3 is 1.77 bits per heavy atom. The minimum atomic E-state index is 0.230. The predicted molar refractivity (Wildman–Crippen MR) is 127 cm³/mol. The summed E-state index contributed by atoms with van der Waals surface area (Å²) in [7, 11) is 0. The van der Waals surface area contributed by atoms with Gasteiger partial charge in [0.15, 0.2) is 0 Å². The number of nitrogens with zero attached hydrogens (tertiary/aromatic N) is 3. The molecular formula is C26H49N3O. The van der Waals surface area contributed by atoms with Gasteiger partial charge in [-0.2, -0.15) is 0 Å². The van der Waals surface area contributed by atoms with Gasteiger partial charge in [-0.05, 0) is 109 Å². The highest BCUT2D eigenvalue weighted by Gasteiger charge is 2.34. The zero-order valence-electron chi connectivity index (χ0n) is 20.9. The van der Waals surface area contributed by atoms with Crippen molar-refractivity contribution in [1.29, 1.82) is 0 Å². The Balaban J connectivity index is 1.35. The van der Waals surface area contributed by atoms with Crippen LogP contribution in [0.2, 0.25) is 0 Å². The van der Waals surface area contributed by atoms with Gasteiger partial charge in [-0.3, -0.25) is 9.69 Å². The molecule has 0 aromatic heterocycles. The number of hydrogen-bond acceptors (Lipinski definition) is 3. The van der Waals surface area contributed by atoms with Crippen molar-refractivity contribution in [2.45, 2.75) is 92.0 Å². The lowest BCUT2D eigenvalue weighted by molar-refractivity contribution is -0.139. The molecule has 174 valence electrons. The van der Waals surface area contributed by atoms with E-state index in [0.717, 1.165) is 50.9 Å². The standard InChI is InChI=1S/C26H49N3O/c1-25(2,3)19-21-7-13-27(14-8-21)20-22-9-15-28(16-10-22)24(30)23-11-17-29(18-12-23)26(4,5)6/h21-23H,7-20H2,1-6H3. The lowest BCUT2D eigenvalue weighted by atomic mass is 9.80. The van der Waals surface area contributed by atoms with Crippen molar-refractivity contribution in [1.82, 2.24) is 14.7 Å². The van der Waals surface area contributed by atoms with Crippen molar-refractivity contribution >= 4 is 5.91 Å². The summed E-state index contributed by atoms with van der Waals surface area (Å²) < 4.78 is 0. The quantitative estimate of drug-likeness (QED) is 0.649. The Bertz CT molecular complexity index is 538. The maximum Gasteiger partial charge on any atom is 0.225 e. The summed E-state index contributed by atoms with van der Waals surface area (Å²) in [5, 5.41) is 0. The Hall–Kier alpha value is -0.610. The lowest BCUT2D eigenvalue weighted by Crippen LogP contribution is -2.50. The molecule has 4 heteroatoms. The molecule has 0 atom stereocenters. The summed E-state index contributed by atoms with van der Waals surface area (Å²) in [6.07, 6.45) is 8.61. The van der Waals surface area contributed by atoms with Crippen LogP contribution in [0.5, 0.6) is 0 Å². The first kappa shape index (κ1) is 24.0. The van der Waals surface area contributed by atoms with Gasteiger partial charge in [-0.1, -0.05) is 20.8 Å². The molecule has 0 unspecified atom stereocenters. The molecule has 0 radical (unpaired) electrons. The molecule has 0 saturated carbocycles. The van der Waals surface area contributed by atoms with E-state index in [-0.39, 0.29) is 11.5 Å². The van der Waals surface area contributed by atoms with Gasteiger partial charge in [0.25, 0.3) is 0 Å². The van der Waals surface area contributed by atoms with Crippen LogP contribution in [-0.4, -0.2) is 72.0 Å². The molecule has 30 heavy (non-hydrogen) atoms. The first-order chi connectivity index (χ1) is 14.0. The van der Waals surface area contributed by atoms with Crippen molar-refractivity contribution in [3.63, 3.8) is 0 Å². The highest BCUT2D eigenvalue weighted by Crippen LogP contribution is 2.32. The van der Waals surface area contributed by atoms with Gasteiger partial charge < -0.3 is 9.80 Å². The third kappa shape index (κ3) is 6.95. The van der Waals surface area contributed by atoms with Gasteiger partial charge >= 0.3 is 0 Å². The minimum Gasteiger partial charge on any atom is -0.342 e. The Labute approximate surface area is 186 Å². The zero-order valence-corrected chi connectivity index (χ0v) is 20.9. The van der Waals surface area contributed by atoms with Crippen LogP contribution in [0.1, 0.15) is 86.5 Å². The second-order valence-corrected chi connectivity index (χ2v) is 12.7. The van der Waals surface area contributed by atoms with Gasteiger partial charge in [0.1, 0.15) is 0 Å². The Kier molecular flexibility index (Phi) is 7.93. The van der Waals surface area contributed by atoms with Crippen molar-refractivity contribution in [3.8, 4) is 0 Å². The number of carbonyl (C=O) groups is 1. The van der Waals surface area contributed by atoms with Gasteiger partial charge in [-0.25, -0.2) is 0 Å². The predicted octanol–water partition coefficient (Wildman–Crippen LogP) is 4.88. The number of likely N-dealkylation sites (tertiary alicyclic amines) is 3. The molecular weight excluding hydrogens is 370 g/mol. The fourth-order valence-corrected chi connectivity index (χ4v) is 6.00. The largest absolute Gasteiger partial charge is 0.342 e. The molecule has 3 aliphatic rings. The van der Waals surface area contributed by atoms with Crippen molar-refractivity contribution in [3.05, 3.63) is 0 Å². The highest BCUT2D eigenvalue weighted by atomic mass is 16.2. The van der Waals surface area contributed by atoms with Crippen molar-refractivity contribution < 1.29 is 4.79 Å². The van der Waals surface area contributed by atoms with Crippen LogP contribution in [0.3, 0.4) is 0 Å². The molecule has 0 N–H and O–H groups in total. The summed E-state index contributed by atoms with van der Waals surface area (Å²) in [6.45, 7) is 21.9. The summed E-state index contributed by atoms with van der Waals surface area (Å²) >= 11 is 0. The number of carbonyl (C=O) groups excluding carboxylic acids is 1. The van der Waals surface area contributed by atoms with Crippen LogP contribution in [0.4, 0.5) is 0 Å². The summed E-state index contributed by atoms with van der Waals surface area (Å²) in [5.74, 6) is 2.42. The van der Waals surface area contributed by atoms with E-state index < -0.39 is 0 Å². The Morgan fingerprint density at radius 2 is 1.27 bits per heavy atom. The summed E-state index contributed by atoms with van der Waals surface area (Å²) in [4.78, 5) is 20.5. The number of amides is 1. The van der Waals surface area contributed by atoms with Gasteiger partial charge in [0.2, 0.25) is 5.91 Å². The number of rotatable bonds is 4. The van der Waals surface area contributed by atoms with E-state index in [1.54, 1.807) is 0 Å². The fourth-order valence-electron chi connectivity index (χ4n) is 6.00. The third-order valence-corrected chi connectivity index (χ3v) is 7.84. The molecule has 1 amide bonds. The van der Waals surface area contributed by atoms with E-state index in [2.05, 4.69) is 56.2 Å². The van der Waals surface area contributed by atoms with Crippen LogP contribution in [0, 0.1) is 23.2 Å². The molecule has 0 aromatic rings. The molecule has 3 rings (SSSR count). The highest BCUT2D eigenvalue weighted by molar-refractivity contribution is 5.79. The topological polar surface area (TPSA) is 26.8 Å². The van der Waals surface area contributed by atoms with E-state index in [1.165, 1.54) is 51.7 Å².